The summed E-state index contributed by atoms with van der Waals surface area (Å²) in [6.07, 6.45) is 1.80. The Morgan fingerprint density at radius 2 is 2.05 bits per heavy atom. The second-order valence-corrected chi connectivity index (χ2v) is 5.81. The van der Waals surface area contributed by atoms with Crippen LogP contribution in [0.5, 0.6) is 5.75 Å². The third kappa shape index (κ3) is 4.86. The van der Waals surface area contributed by atoms with Crippen LogP contribution in [-0.4, -0.2) is 19.2 Å². The van der Waals surface area contributed by atoms with Gasteiger partial charge in [0.05, 0.1) is 24.8 Å². The molecule has 2 rings (SSSR count). The summed E-state index contributed by atoms with van der Waals surface area (Å²) in [6.45, 7) is 0. The van der Waals surface area contributed by atoms with Crippen molar-refractivity contribution in [3.8, 4) is 5.75 Å². The molecule has 0 heterocycles. The van der Waals surface area contributed by atoms with Crippen molar-refractivity contribution in [3.63, 3.8) is 0 Å². The zero-order chi connectivity index (χ0) is 15.9. The molecule has 0 aliphatic rings. The Labute approximate surface area is 142 Å². The molecule has 2 aromatic rings. The van der Waals surface area contributed by atoms with Crippen molar-refractivity contribution < 1.29 is 9.53 Å². The van der Waals surface area contributed by atoms with Crippen LogP contribution < -0.4 is 10.2 Å². The van der Waals surface area contributed by atoms with Gasteiger partial charge < -0.3 is 4.74 Å². The molecule has 0 atom stereocenters. The van der Waals surface area contributed by atoms with Crippen LogP contribution in [0.4, 0.5) is 0 Å². The van der Waals surface area contributed by atoms with Crippen molar-refractivity contribution >= 4 is 39.7 Å². The number of carbonyl (C=O) groups excluding carboxylic acids is 1. The van der Waals surface area contributed by atoms with Crippen molar-refractivity contribution in [1.29, 1.82) is 0 Å². The standard InChI is InChI=1S/C16H14BrClN2O2/c1-22-15-7-4-12(8-14(15)18)10-19-20-16(21)9-11-2-5-13(17)6-3-11/h2-8,10H,9H2,1H3,(H,20,21). The SMILES string of the molecule is COc1ccc(C=NNC(=O)Cc2ccc(Br)cc2)cc1Cl. The number of nitrogens with zero attached hydrogens (tertiary/aromatic N) is 1. The lowest BCUT2D eigenvalue weighted by Crippen LogP contribution is -2.19. The summed E-state index contributed by atoms with van der Waals surface area (Å²) in [5.74, 6) is 0.413. The third-order valence-electron chi connectivity index (χ3n) is 2.86. The predicted molar refractivity (Wildman–Crippen MR) is 91.6 cm³/mol. The van der Waals surface area contributed by atoms with E-state index >= 15 is 0 Å². The van der Waals surface area contributed by atoms with E-state index in [4.69, 9.17) is 16.3 Å². The van der Waals surface area contributed by atoms with E-state index in [1.165, 1.54) is 6.21 Å². The zero-order valence-corrected chi connectivity index (χ0v) is 14.2. The molecule has 0 aliphatic carbocycles. The Bertz CT molecular complexity index is 687. The summed E-state index contributed by atoms with van der Waals surface area (Å²) in [6, 6.07) is 12.8. The first kappa shape index (κ1) is 16.5. The van der Waals surface area contributed by atoms with E-state index in [0.29, 0.717) is 10.8 Å². The summed E-state index contributed by atoms with van der Waals surface area (Å²) in [5.41, 5.74) is 4.18. The van der Waals surface area contributed by atoms with Crippen molar-refractivity contribution in [3.05, 3.63) is 63.1 Å². The van der Waals surface area contributed by atoms with Crippen LogP contribution in [0.3, 0.4) is 0 Å². The first-order valence-electron chi connectivity index (χ1n) is 6.48. The maximum Gasteiger partial charge on any atom is 0.244 e. The van der Waals surface area contributed by atoms with Gasteiger partial charge in [0, 0.05) is 4.47 Å². The first-order chi connectivity index (χ1) is 10.6. The molecule has 114 valence electrons. The molecule has 1 amide bonds. The molecule has 4 nitrogen and oxygen atoms in total. The van der Waals surface area contributed by atoms with Crippen LogP contribution in [0, 0.1) is 0 Å². The van der Waals surface area contributed by atoms with Gasteiger partial charge in [-0.2, -0.15) is 5.10 Å². The maximum absolute atomic E-state index is 11.8. The quantitative estimate of drug-likeness (QED) is 0.632. The van der Waals surface area contributed by atoms with Gasteiger partial charge in [-0.25, -0.2) is 5.43 Å². The number of hydrazone groups is 1. The van der Waals surface area contributed by atoms with Crippen LogP contribution in [0.2, 0.25) is 5.02 Å². The van der Waals surface area contributed by atoms with Crippen LogP contribution in [0.15, 0.2) is 52.0 Å². The average molecular weight is 382 g/mol. The number of benzene rings is 2. The minimum Gasteiger partial charge on any atom is -0.495 e. The van der Waals surface area contributed by atoms with Crippen molar-refractivity contribution in [2.24, 2.45) is 5.10 Å². The molecular formula is C16H14BrClN2O2. The molecule has 0 fully saturated rings. The zero-order valence-electron chi connectivity index (χ0n) is 11.8. The highest BCUT2D eigenvalue weighted by molar-refractivity contribution is 9.10. The second-order valence-electron chi connectivity index (χ2n) is 4.49. The van der Waals surface area contributed by atoms with E-state index in [1.807, 2.05) is 24.3 Å². The number of methoxy groups -OCH3 is 1. The Hall–Kier alpha value is -1.85. The van der Waals surface area contributed by atoms with Gasteiger partial charge in [0.2, 0.25) is 5.91 Å². The highest BCUT2D eigenvalue weighted by Gasteiger charge is 2.02. The molecule has 22 heavy (non-hydrogen) atoms. The molecule has 0 unspecified atom stereocenters. The van der Waals surface area contributed by atoms with Crippen LogP contribution in [-0.2, 0) is 11.2 Å². The number of hydrogen-bond acceptors (Lipinski definition) is 3. The maximum atomic E-state index is 11.8. The van der Waals surface area contributed by atoms with Crippen molar-refractivity contribution in [2.75, 3.05) is 7.11 Å². The Morgan fingerprint density at radius 1 is 1.32 bits per heavy atom. The summed E-state index contributed by atoms with van der Waals surface area (Å²) in [7, 11) is 1.55. The van der Waals surface area contributed by atoms with Gasteiger partial charge in [0.1, 0.15) is 5.75 Å². The molecule has 0 saturated carbocycles. The molecule has 0 radical (unpaired) electrons. The number of halogens is 2. The van der Waals surface area contributed by atoms with E-state index in [1.54, 1.807) is 25.3 Å². The highest BCUT2D eigenvalue weighted by atomic mass is 79.9. The number of hydrogen-bond donors (Lipinski definition) is 1. The minimum absolute atomic E-state index is 0.182. The van der Waals surface area contributed by atoms with Crippen LogP contribution in [0.1, 0.15) is 11.1 Å². The Morgan fingerprint density at radius 3 is 2.68 bits per heavy atom. The van der Waals surface area contributed by atoms with E-state index in [9.17, 15) is 4.79 Å². The second kappa shape index (κ2) is 7.96. The molecule has 0 bridgehead atoms. The predicted octanol–water partition coefficient (Wildman–Crippen LogP) is 3.80. The lowest BCUT2D eigenvalue weighted by molar-refractivity contribution is -0.120. The summed E-state index contributed by atoms with van der Waals surface area (Å²) >= 11 is 9.36. The summed E-state index contributed by atoms with van der Waals surface area (Å²) < 4.78 is 6.05. The number of ether oxygens (including phenoxy) is 1. The normalized spacial score (nSPS) is 10.7. The van der Waals surface area contributed by atoms with Gasteiger partial charge in [0.15, 0.2) is 0 Å². The highest BCUT2D eigenvalue weighted by Crippen LogP contribution is 2.24. The lowest BCUT2D eigenvalue weighted by Gasteiger charge is -2.03. The minimum atomic E-state index is -0.182. The number of rotatable bonds is 5. The molecule has 6 heteroatoms. The fraction of sp³-hybridized carbons (Fsp3) is 0.125. The molecule has 0 aromatic heterocycles. The summed E-state index contributed by atoms with van der Waals surface area (Å²) in [5, 5.41) is 4.41. The molecule has 0 aliphatic heterocycles. The number of amides is 1. The molecule has 0 spiro atoms. The van der Waals surface area contributed by atoms with E-state index < -0.39 is 0 Å². The van der Waals surface area contributed by atoms with E-state index in [2.05, 4.69) is 26.5 Å². The topological polar surface area (TPSA) is 50.7 Å². The van der Waals surface area contributed by atoms with Gasteiger partial charge in [-0.1, -0.05) is 39.7 Å². The van der Waals surface area contributed by atoms with Crippen molar-refractivity contribution in [1.82, 2.24) is 5.43 Å². The molecular weight excluding hydrogens is 368 g/mol. The average Bonchev–Trinajstić information content (AvgIpc) is 2.50. The Balaban J connectivity index is 1.90. The van der Waals surface area contributed by atoms with Crippen LogP contribution >= 0.6 is 27.5 Å². The lowest BCUT2D eigenvalue weighted by atomic mass is 10.1. The van der Waals surface area contributed by atoms with Gasteiger partial charge in [-0.15, -0.1) is 0 Å². The van der Waals surface area contributed by atoms with Gasteiger partial charge in [-0.05, 0) is 41.5 Å². The molecule has 0 saturated heterocycles. The number of carbonyl (C=O) groups is 1. The van der Waals surface area contributed by atoms with Gasteiger partial charge in [0.25, 0.3) is 0 Å². The molecule has 1 N–H and O–H groups in total. The van der Waals surface area contributed by atoms with Crippen molar-refractivity contribution in [2.45, 2.75) is 6.42 Å². The van der Waals surface area contributed by atoms with E-state index in [0.717, 1.165) is 15.6 Å². The largest absolute Gasteiger partial charge is 0.495 e. The van der Waals surface area contributed by atoms with Gasteiger partial charge >= 0.3 is 0 Å². The Kier molecular flexibility index (Phi) is 5.98. The monoisotopic (exact) mass is 380 g/mol. The fourth-order valence-electron chi connectivity index (χ4n) is 1.77. The fourth-order valence-corrected chi connectivity index (χ4v) is 2.30. The van der Waals surface area contributed by atoms with Crippen LogP contribution in [0.25, 0.3) is 0 Å². The first-order valence-corrected chi connectivity index (χ1v) is 7.65. The third-order valence-corrected chi connectivity index (χ3v) is 3.68. The van der Waals surface area contributed by atoms with E-state index in [-0.39, 0.29) is 12.3 Å². The smallest absolute Gasteiger partial charge is 0.244 e. The van der Waals surface area contributed by atoms with Gasteiger partial charge in [-0.3, -0.25) is 4.79 Å². The summed E-state index contributed by atoms with van der Waals surface area (Å²) in [4.78, 5) is 11.8. The molecule has 2 aromatic carbocycles. The number of nitrogens with one attached hydrogen (secondary N) is 1.